The van der Waals surface area contributed by atoms with Crippen LogP contribution < -0.4 is 0 Å². The van der Waals surface area contributed by atoms with Crippen LogP contribution in [-0.4, -0.2) is 31.8 Å². The summed E-state index contributed by atoms with van der Waals surface area (Å²) in [7, 11) is -7.36. The molecule has 0 heterocycles. The molecule has 0 saturated carbocycles. The molecule has 0 spiro atoms. The minimum absolute atomic E-state index is 0.166. The number of allylic oxidation sites excluding steroid dienone is 1. The molecule has 0 fully saturated rings. The molecule has 0 atom stereocenters. The monoisotopic (exact) mass is 328 g/mol. The van der Waals surface area contributed by atoms with Crippen LogP contribution in [0.3, 0.4) is 0 Å². The zero-order valence-electron chi connectivity index (χ0n) is 13.0. The summed E-state index contributed by atoms with van der Waals surface area (Å²) in [6.45, 7) is 12.8. The Morgan fingerprint density at radius 2 is 1.10 bits per heavy atom. The van der Waals surface area contributed by atoms with Crippen molar-refractivity contribution in [1.29, 1.82) is 0 Å². The molecule has 20 heavy (non-hydrogen) atoms. The maximum absolute atomic E-state index is 12.9. The molecule has 0 aliphatic heterocycles. The van der Waals surface area contributed by atoms with E-state index in [-0.39, 0.29) is 26.4 Å². The van der Waals surface area contributed by atoms with Crippen molar-refractivity contribution in [3.63, 3.8) is 0 Å². The molecule has 0 amide bonds. The molecule has 0 aliphatic carbocycles. The van der Waals surface area contributed by atoms with Gasteiger partial charge in [0.1, 0.15) is 0 Å². The standard InChI is InChI=1S/C12H26O6P2/c1-7-15-19(13,16-8-2)12(11(5)6)20(14,17-9-3)18-10-4/h12H,5,7-10H2,1-4,6H3. The SMILES string of the molecule is C=C(C)C(P(=O)(OCC)OCC)P(=O)(OCC)OCC. The first kappa shape index (κ1) is 20.0. The second kappa shape index (κ2) is 9.14. The number of hydrogen-bond acceptors (Lipinski definition) is 6. The second-order valence-electron chi connectivity index (χ2n) is 3.97. The van der Waals surface area contributed by atoms with E-state index in [1.54, 1.807) is 34.6 Å². The maximum Gasteiger partial charge on any atom is 0.349 e. The Balaban J connectivity index is 5.74. The van der Waals surface area contributed by atoms with Gasteiger partial charge in [0, 0.05) is 0 Å². The Hall–Kier alpha value is 0.0400. The molecule has 0 N–H and O–H groups in total. The summed E-state index contributed by atoms with van der Waals surface area (Å²) in [6, 6.07) is 0. The molecular formula is C12H26O6P2. The van der Waals surface area contributed by atoms with Crippen molar-refractivity contribution < 1.29 is 27.2 Å². The van der Waals surface area contributed by atoms with Crippen molar-refractivity contribution >= 4 is 15.2 Å². The van der Waals surface area contributed by atoms with Crippen molar-refractivity contribution in [3.05, 3.63) is 12.2 Å². The third-order valence-corrected chi connectivity index (χ3v) is 8.53. The highest BCUT2D eigenvalue weighted by Crippen LogP contribution is 2.72. The van der Waals surface area contributed by atoms with Gasteiger partial charge in [0.15, 0.2) is 5.40 Å². The van der Waals surface area contributed by atoms with Gasteiger partial charge < -0.3 is 18.1 Å². The van der Waals surface area contributed by atoms with Gasteiger partial charge in [-0.05, 0) is 34.6 Å². The van der Waals surface area contributed by atoms with E-state index in [9.17, 15) is 9.13 Å². The van der Waals surface area contributed by atoms with Crippen LogP contribution in [0.1, 0.15) is 34.6 Å². The molecular weight excluding hydrogens is 302 g/mol. The minimum Gasteiger partial charge on any atom is -0.308 e. The number of hydrogen-bond donors (Lipinski definition) is 0. The van der Waals surface area contributed by atoms with Gasteiger partial charge in [0.25, 0.3) is 0 Å². The van der Waals surface area contributed by atoms with E-state index in [1.165, 1.54) is 0 Å². The normalized spacial score (nSPS) is 12.9. The zero-order valence-corrected chi connectivity index (χ0v) is 14.7. The number of rotatable bonds is 11. The van der Waals surface area contributed by atoms with Gasteiger partial charge in [0.05, 0.1) is 26.4 Å². The fourth-order valence-electron chi connectivity index (χ4n) is 1.79. The van der Waals surface area contributed by atoms with Gasteiger partial charge in [-0.3, -0.25) is 9.13 Å². The fourth-order valence-corrected chi connectivity index (χ4v) is 7.21. The Morgan fingerprint density at radius 1 is 0.850 bits per heavy atom. The van der Waals surface area contributed by atoms with E-state index < -0.39 is 20.6 Å². The highest BCUT2D eigenvalue weighted by Gasteiger charge is 2.51. The van der Waals surface area contributed by atoms with Crippen LogP contribution in [0.4, 0.5) is 0 Å². The quantitative estimate of drug-likeness (QED) is 0.413. The first-order valence-corrected chi connectivity index (χ1v) is 9.96. The molecule has 0 aliphatic rings. The molecule has 0 radical (unpaired) electrons. The van der Waals surface area contributed by atoms with Crippen LogP contribution in [0.15, 0.2) is 12.2 Å². The van der Waals surface area contributed by atoms with E-state index in [4.69, 9.17) is 18.1 Å². The predicted molar refractivity (Wildman–Crippen MR) is 80.3 cm³/mol. The molecule has 0 saturated heterocycles. The summed E-state index contributed by atoms with van der Waals surface area (Å²) < 4.78 is 46.9. The van der Waals surface area contributed by atoms with Crippen LogP contribution >= 0.6 is 15.2 Å². The van der Waals surface area contributed by atoms with Crippen molar-refractivity contribution in [2.75, 3.05) is 26.4 Å². The summed E-state index contributed by atoms with van der Waals surface area (Å²) in [5.74, 6) is 0. The van der Waals surface area contributed by atoms with Crippen LogP contribution in [0.2, 0.25) is 0 Å². The predicted octanol–water partition coefficient (Wildman–Crippen LogP) is 4.42. The van der Waals surface area contributed by atoms with E-state index in [0.29, 0.717) is 5.57 Å². The van der Waals surface area contributed by atoms with Crippen molar-refractivity contribution in [2.45, 2.75) is 40.0 Å². The van der Waals surface area contributed by atoms with Crippen LogP contribution in [0, 0.1) is 0 Å². The molecule has 0 aromatic rings. The molecule has 120 valence electrons. The van der Waals surface area contributed by atoms with E-state index >= 15 is 0 Å². The first-order valence-electron chi connectivity index (χ1n) is 6.74. The molecule has 8 heteroatoms. The molecule has 0 aromatic heterocycles. The second-order valence-corrected chi connectivity index (χ2v) is 8.60. The molecule has 0 rings (SSSR count). The van der Waals surface area contributed by atoms with Gasteiger partial charge in [-0.2, -0.15) is 0 Å². The van der Waals surface area contributed by atoms with Gasteiger partial charge in [-0.25, -0.2) is 0 Å². The van der Waals surface area contributed by atoms with E-state index in [0.717, 1.165) is 0 Å². The Labute approximate surface area is 121 Å². The van der Waals surface area contributed by atoms with E-state index in [2.05, 4.69) is 6.58 Å². The molecule has 0 unspecified atom stereocenters. The van der Waals surface area contributed by atoms with Crippen LogP contribution in [0.25, 0.3) is 0 Å². The maximum atomic E-state index is 12.9. The lowest BCUT2D eigenvalue weighted by Crippen LogP contribution is -2.18. The largest absolute Gasteiger partial charge is 0.349 e. The molecule has 6 nitrogen and oxygen atoms in total. The smallest absolute Gasteiger partial charge is 0.308 e. The summed E-state index contributed by atoms with van der Waals surface area (Å²) >= 11 is 0. The van der Waals surface area contributed by atoms with Crippen molar-refractivity contribution in [2.24, 2.45) is 0 Å². The van der Waals surface area contributed by atoms with Gasteiger partial charge in [0.2, 0.25) is 0 Å². The highest BCUT2D eigenvalue weighted by atomic mass is 31.2. The van der Waals surface area contributed by atoms with Gasteiger partial charge in [-0.1, -0.05) is 12.2 Å². The average molecular weight is 328 g/mol. The van der Waals surface area contributed by atoms with Gasteiger partial charge in [-0.15, -0.1) is 0 Å². The third kappa shape index (κ3) is 5.10. The van der Waals surface area contributed by atoms with Crippen molar-refractivity contribution in [1.82, 2.24) is 0 Å². The fraction of sp³-hybridized carbons (Fsp3) is 0.833. The molecule has 0 aromatic carbocycles. The lowest BCUT2D eigenvalue weighted by atomic mass is 10.4. The van der Waals surface area contributed by atoms with E-state index in [1.807, 2.05) is 0 Å². The summed E-state index contributed by atoms with van der Waals surface area (Å²) in [4.78, 5) is 0. The lowest BCUT2D eigenvalue weighted by Gasteiger charge is -2.31. The van der Waals surface area contributed by atoms with Crippen molar-refractivity contribution in [3.8, 4) is 0 Å². The summed E-state index contributed by atoms with van der Waals surface area (Å²) in [6.07, 6.45) is 0. The lowest BCUT2D eigenvalue weighted by molar-refractivity contribution is 0.199. The Bertz CT molecular complexity index is 345. The Kier molecular flexibility index (Phi) is 9.16. The summed E-state index contributed by atoms with van der Waals surface area (Å²) in [5.41, 5.74) is 0.389. The van der Waals surface area contributed by atoms with Crippen LogP contribution in [-0.2, 0) is 27.2 Å². The highest BCUT2D eigenvalue weighted by molar-refractivity contribution is 7.73. The minimum atomic E-state index is -3.68. The first-order chi connectivity index (χ1) is 9.31. The van der Waals surface area contributed by atoms with Crippen LogP contribution in [0.5, 0.6) is 0 Å². The average Bonchev–Trinajstić information content (AvgIpc) is 2.28. The van der Waals surface area contributed by atoms with Gasteiger partial charge >= 0.3 is 15.2 Å². The third-order valence-electron chi connectivity index (χ3n) is 2.28. The Morgan fingerprint density at radius 3 is 1.25 bits per heavy atom. The topological polar surface area (TPSA) is 71.1 Å². The summed E-state index contributed by atoms with van der Waals surface area (Å²) in [5, 5.41) is -1.12. The molecule has 0 bridgehead atoms. The zero-order chi connectivity index (χ0) is 15.8.